The maximum Gasteiger partial charge on any atom is 0.256 e. The van der Waals surface area contributed by atoms with Crippen molar-refractivity contribution in [2.45, 2.75) is 50.3 Å². The van der Waals surface area contributed by atoms with Gasteiger partial charge in [0.15, 0.2) is 6.10 Å². The summed E-state index contributed by atoms with van der Waals surface area (Å²) in [5.74, 6) is 0.432. The number of nitrogens with zero attached hydrogens (tertiary/aromatic N) is 2. The standard InChI is InChI=1S/C19H24N2O3/c22-17-9-6-14-12-20(11-10-16(14)21(17)15-7-8-15)19(24)18(23)13-4-2-1-3-5-13/h1-5,14-16,18,23H,6-12H2/t14-,16-,18-/m1/s1. The third-order valence-electron chi connectivity index (χ3n) is 5.67. The number of carbonyl (C=O) groups excluding carboxylic acids is 2. The van der Waals surface area contributed by atoms with Crippen molar-refractivity contribution >= 4 is 11.8 Å². The van der Waals surface area contributed by atoms with Crippen molar-refractivity contribution in [1.29, 1.82) is 0 Å². The molecule has 2 heterocycles. The predicted octanol–water partition coefficient (Wildman–Crippen LogP) is 1.72. The Hall–Kier alpha value is -1.88. The number of benzene rings is 1. The van der Waals surface area contributed by atoms with Crippen LogP contribution in [0.1, 0.15) is 43.8 Å². The Labute approximate surface area is 142 Å². The quantitative estimate of drug-likeness (QED) is 0.919. The Morgan fingerprint density at radius 1 is 1.12 bits per heavy atom. The van der Waals surface area contributed by atoms with Gasteiger partial charge >= 0.3 is 0 Å². The highest BCUT2D eigenvalue weighted by Gasteiger charge is 2.46. The van der Waals surface area contributed by atoms with E-state index in [1.165, 1.54) is 0 Å². The Balaban J connectivity index is 1.44. The van der Waals surface area contributed by atoms with Gasteiger partial charge in [-0.15, -0.1) is 0 Å². The first-order valence-corrected chi connectivity index (χ1v) is 8.98. The fourth-order valence-corrected chi connectivity index (χ4v) is 4.27. The van der Waals surface area contributed by atoms with Gasteiger partial charge in [0, 0.05) is 31.6 Å². The van der Waals surface area contributed by atoms with Crippen LogP contribution in [0.4, 0.5) is 0 Å². The lowest BCUT2D eigenvalue weighted by atomic mass is 9.83. The molecule has 5 nitrogen and oxygen atoms in total. The first-order chi connectivity index (χ1) is 11.6. The molecule has 0 radical (unpaired) electrons. The van der Waals surface area contributed by atoms with Crippen molar-refractivity contribution < 1.29 is 14.7 Å². The molecule has 0 spiro atoms. The van der Waals surface area contributed by atoms with Crippen molar-refractivity contribution in [3.8, 4) is 0 Å². The van der Waals surface area contributed by atoms with E-state index in [2.05, 4.69) is 4.90 Å². The Morgan fingerprint density at radius 3 is 2.58 bits per heavy atom. The Kier molecular flexibility index (Phi) is 4.04. The van der Waals surface area contributed by atoms with Gasteiger partial charge in [0.2, 0.25) is 5.91 Å². The van der Waals surface area contributed by atoms with Gasteiger partial charge in [0.05, 0.1) is 0 Å². The van der Waals surface area contributed by atoms with Crippen molar-refractivity contribution in [3.05, 3.63) is 35.9 Å². The van der Waals surface area contributed by atoms with Gasteiger partial charge in [0.25, 0.3) is 5.91 Å². The molecule has 24 heavy (non-hydrogen) atoms. The number of fused-ring (bicyclic) bond motifs is 1. The number of likely N-dealkylation sites (tertiary alicyclic amines) is 2. The van der Waals surface area contributed by atoms with Crippen LogP contribution in [-0.4, -0.2) is 51.9 Å². The molecule has 2 amide bonds. The van der Waals surface area contributed by atoms with Gasteiger partial charge < -0.3 is 14.9 Å². The topological polar surface area (TPSA) is 60.9 Å². The second-order valence-electron chi connectivity index (χ2n) is 7.28. The normalized spacial score (nSPS) is 28.5. The van der Waals surface area contributed by atoms with Gasteiger partial charge in [-0.05, 0) is 37.2 Å². The minimum atomic E-state index is -1.09. The monoisotopic (exact) mass is 328 g/mol. The maximum absolute atomic E-state index is 12.7. The molecule has 2 aliphatic heterocycles. The highest BCUT2D eigenvalue weighted by Crippen LogP contribution is 2.39. The summed E-state index contributed by atoms with van der Waals surface area (Å²) in [6, 6.07) is 9.83. The third-order valence-corrected chi connectivity index (χ3v) is 5.67. The van der Waals surface area contributed by atoms with E-state index in [9.17, 15) is 14.7 Å². The molecule has 3 aliphatic rings. The molecule has 5 heteroatoms. The predicted molar refractivity (Wildman–Crippen MR) is 89.0 cm³/mol. The molecule has 1 N–H and O–H groups in total. The van der Waals surface area contributed by atoms with Gasteiger partial charge in [-0.25, -0.2) is 0 Å². The molecule has 1 aromatic rings. The number of carbonyl (C=O) groups is 2. The van der Waals surface area contributed by atoms with Crippen molar-refractivity contribution in [2.75, 3.05) is 13.1 Å². The average Bonchev–Trinajstić information content (AvgIpc) is 3.45. The second-order valence-corrected chi connectivity index (χ2v) is 7.28. The zero-order valence-electron chi connectivity index (χ0n) is 13.8. The lowest BCUT2D eigenvalue weighted by molar-refractivity contribution is -0.149. The molecule has 1 aliphatic carbocycles. The number of hydrogen-bond acceptors (Lipinski definition) is 3. The van der Waals surface area contributed by atoms with Gasteiger partial charge in [-0.1, -0.05) is 30.3 Å². The summed E-state index contributed by atoms with van der Waals surface area (Å²) in [6.45, 7) is 1.28. The lowest BCUT2D eigenvalue weighted by Gasteiger charge is -2.47. The number of amides is 2. The molecule has 3 atom stereocenters. The van der Waals surface area contributed by atoms with Gasteiger partial charge in [-0.3, -0.25) is 9.59 Å². The summed E-state index contributed by atoms with van der Waals surface area (Å²) < 4.78 is 0. The molecular weight excluding hydrogens is 304 g/mol. The number of rotatable bonds is 3. The number of aliphatic hydroxyl groups excluding tert-OH is 1. The molecule has 0 unspecified atom stereocenters. The fourth-order valence-electron chi connectivity index (χ4n) is 4.27. The number of aliphatic hydroxyl groups is 1. The van der Waals surface area contributed by atoms with E-state index in [0.717, 1.165) is 25.7 Å². The molecule has 0 bridgehead atoms. The van der Waals surface area contributed by atoms with Crippen molar-refractivity contribution in [2.24, 2.45) is 5.92 Å². The van der Waals surface area contributed by atoms with Crippen LogP contribution >= 0.6 is 0 Å². The van der Waals surface area contributed by atoms with Crippen molar-refractivity contribution in [1.82, 2.24) is 9.80 Å². The minimum absolute atomic E-state index is 0.213. The van der Waals surface area contributed by atoms with Crippen LogP contribution in [0.3, 0.4) is 0 Å². The summed E-state index contributed by atoms with van der Waals surface area (Å²) in [4.78, 5) is 28.8. The number of hydrogen-bond donors (Lipinski definition) is 1. The minimum Gasteiger partial charge on any atom is -0.378 e. The van der Waals surface area contributed by atoms with E-state index in [-0.39, 0.29) is 11.9 Å². The first-order valence-electron chi connectivity index (χ1n) is 8.98. The fraction of sp³-hybridized carbons (Fsp3) is 0.579. The molecule has 1 aromatic carbocycles. The van der Waals surface area contributed by atoms with Crippen LogP contribution < -0.4 is 0 Å². The highest BCUT2D eigenvalue weighted by molar-refractivity contribution is 5.82. The molecule has 2 saturated heterocycles. The average molecular weight is 328 g/mol. The van der Waals surface area contributed by atoms with Crippen LogP contribution in [0, 0.1) is 5.92 Å². The lowest BCUT2D eigenvalue weighted by Crippen LogP contribution is -2.58. The summed E-state index contributed by atoms with van der Waals surface area (Å²) in [5.41, 5.74) is 0.642. The van der Waals surface area contributed by atoms with Gasteiger partial charge in [-0.2, -0.15) is 0 Å². The summed E-state index contributed by atoms with van der Waals surface area (Å²) in [7, 11) is 0. The molecule has 1 saturated carbocycles. The molecule has 128 valence electrons. The van der Waals surface area contributed by atoms with E-state index in [0.29, 0.717) is 42.9 Å². The van der Waals surface area contributed by atoms with E-state index < -0.39 is 6.10 Å². The smallest absolute Gasteiger partial charge is 0.256 e. The Bertz CT molecular complexity index is 629. The molecule has 0 aromatic heterocycles. The molecule has 3 fully saturated rings. The van der Waals surface area contributed by atoms with Crippen LogP contribution in [0.15, 0.2) is 30.3 Å². The van der Waals surface area contributed by atoms with E-state index >= 15 is 0 Å². The molecular formula is C19H24N2O3. The van der Waals surface area contributed by atoms with E-state index in [1.54, 1.807) is 17.0 Å². The summed E-state index contributed by atoms with van der Waals surface area (Å²) in [5, 5.41) is 10.4. The SMILES string of the molecule is O=C([C@H](O)c1ccccc1)N1CC[C@@H]2[C@H](CCC(=O)N2C2CC2)C1. The highest BCUT2D eigenvalue weighted by atomic mass is 16.3. The third kappa shape index (κ3) is 2.81. The largest absolute Gasteiger partial charge is 0.378 e. The van der Waals surface area contributed by atoms with Crippen LogP contribution in [0.2, 0.25) is 0 Å². The second kappa shape index (κ2) is 6.20. The zero-order chi connectivity index (χ0) is 16.7. The van der Waals surface area contributed by atoms with Crippen LogP contribution in [-0.2, 0) is 9.59 Å². The number of piperidine rings is 2. The first kappa shape index (κ1) is 15.6. The van der Waals surface area contributed by atoms with Crippen LogP contribution in [0.5, 0.6) is 0 Å². The van der Waals surface area contributed by atoms with Crippen LogP contribution in [0.25, 0.3) is 0 Å². The summed E-state index contributed by atoms with van der Waals surface area (Å²) >= 11 is 0. The van der Waals surface area contributed by atoms with Crippen molar-refractivity contribution in [3.63, 3.8) is 0 Å². The Morgan fingerprint density at radius 2 is 1.88 bits per heavy atom. The van der Waals surface area contributed by atoms with E-state index in [1.807, 2.05) is 18.2 Å². The molecule has 4 rings (SSSR count). The summed E-state index contributed by atoms with van der Waals surface area (Å²) in [6.07, 6.45) is 3.46. The van der Waals surface area contributed by atoms with E-state index in [4.69, 9.17) is 0 Å². The van der Waals surface area contributed by atoms with Gasteiger partial charge in [0.1, 0.15) is 0 Å². The zero-order valence-corrected chi connectivity index (χ0v) is 13.8. The maximum atomic E-state index is 12.7.